The van der Waals surface area contributed by atoms with E-state index in [9.17, 15) is 13.2 Å². The van der Waals surface area contributed by atoms with Crippen LogP contribution in [0.4, 0.5) is 0 Å². The number of thioether (sulfide) groups is 1. The van der Waals surface area contributed by atoms with Crippen LogP contribution in [-0.2, 0) is 14.6 Å². The van der Waals surface area contributed by atoms with Crippen LogP contribution in [0, 0.1) is 0 Å². The van der Waals surface area contributed by atoms with E-state index in [2.05, 4.69) is 5.32 Å². The molecule has 0 bridgehead atoms. The Morgan fingerprint density at radius 3 is 2.53 bits per heavy atom. The van der Waals surface area contributed by atoms with Crippen LogP contribution < -0.4 is 5.32 Å². The summed E-state index contributed by atoms with van der Waals surface area (Å²) >= 11 is 1.30. The fraction of sp³-hybridized carbons (Fsp3) is 0.889. The highest BCUT2D eigenvalue weighted by molar-refractivity contribution is 8.02. The molecule has 0 aromatic carbocycles. The lowest BCUT2D eigenvalue weighted by Gasteiger charge is -2.14. The highest BCUT2D eigenvalue weighted by Gasteiger charge is 2.28. The molecule has 1 fully saturated rings. The van der Waals surface area contributed by atoms with E-state index in [0.717, 1.165) is 0 Å². The van der Waals surface area contributed by atoms with Crippen molar-refractivity contribution < 1.29 is 23.4 Å². The maximum atomic E-state index is 11.4. The first-order valence-corrected chi connectivity index (χ1v) is 8.17. The fourth-order valence-electron chi connectivity index (χ4n) is 1.50. The molecule has 0 aromatic heterocycles. The van der Waals surface area contributed by atoms with Gasteiger partial charge in [0.2, 0.25) is 5.91 Å². The maximum absolute atomic E-state index is 11.4. The van der Waals surface area contributed by atoms with Crippen molar-refractivity contribution in [3.8, 4) is 0 Å². The predicted molar refractivity (Wildman–Crippen MR) is 65.6 cm³/mol. The molecule has 0 aliphatic carbocycles. The van der Waals surface area contributed by atoms with Crippen molar-refractivity contribution in [2.45, 2.75) is 17.7 Å². The monoisotopic (exact) mass is 283 g/mol. The Kier molecular flexibility index (Phi) is 5.71. The quantitative estimate of drug-likeness (QED) is 0.541. The second-order valence-electron chi connectivity index (χ2n) is 3.97. The topological polar surface area (TPSA) is 104 Å². The second-order valence-corrected chi connectivity index (χ2v) is 7.48. The van der Waals surface area contributed by atoms with E-state index in [1.807, 2.05) is 0 Å². The SMILES string of the molecule is O=C(CSC1CCS(=O)(=O)C1)NC(CO)CO. The average Bonchev–Trinajstić information content (AvgIpc) is 2.63. The van der Waals surface area contributed by atoms with E-state index >= 15 is 0 Å². The van der Waals surface area contributed by atoms with Gasteiger partial charge in [0.05, 0.1) is 36.5 Å². The molecule has 0 spiro atoms. The summed E-state index contributed by atoms with van der Waals surface area (Å²) in [5, 5.41) is 20.0. The highest BCUT2D eigenvalue weighted by Crippen LogP contribution is 2.23. The van der Waals surface area contributed by atoms with Gasteiger partial charge in [-0.2, -0.15) is 0 Å². The zero-order valence-electron chi connectivity index (χ0n) is 9.33. The molecular weight excluding hydrogens is 266 g/mol. The Labute approximate surface area is 105 Å². The molecule has 1 amide bonds. The van der Waals surface area contributed by atoms with Crippen molar-refractivity contribution >= 4 is 27.5 Å². The minimum absolute atomic E-state index is 0.0209. The van der Waals surface area contributed by atoms with E-state index in [0.29, 0.717) is 6.42 Å². The molecule has 8 heteroatoms. The molecule has 1 atom stereocenters. The summed E-state index contributed by atoms with van der Waals surface area (Å²) in [7, 11) is -2.91. The van der Waals surface area contributed by atoms with Crippen LogP contribution in [0.15, 0.2) is 0 Å². The van der Waals surface area contributed by atoms with Crippen LogP contribution in [0.25, 0.3) is 0 Å². The van der Waals surface area contributed by atoms with E-state index in [4.69, 9.17) is 10.2 Å². The van der Waals surface area contributed by atoms with Crippen molar-refractivity contribution in [3.05, 3.63) is 0 Å². The lowest BCUT2D eigenvalue weighted by molar-refractivity contribution is -0.119. The molecule has 0 saturated carbocycles. The molecular formula is C9H17NO5S2. The average molecular weight is 283 g/mol. The number of hydrogen-bond acceptors (Lipinski definition) is 6. The number of aliphatic hydroxyl groups excluding tert-OH is 2. The number of carbonyl (C=O) groups excluding carboxylic acids is 1. The van der Waals surface area contributed by atoms with Gasteiger partial charge in [0.25, 0.3) is 0 Å². The van der Waals surface area contributed by atoms with Gasteiger partial charge < -0.3 is 15.5 Å². The Morgan fingerprint density at radius 1 is 1.41 bits per heavy atom. The van der Waals surface area contributed by atoms with E-state index < -0.39 is 15.9 Å². The number of carbonyl (C=O) groups is 1. The third-order valence-electron chi connectivity index (χ3n) is 2.45. The van der Waals surface area contributed by atoms with E-state index in [1.165, 1.54) is 11.8 Å². The first-order valence-electron chi connectivity index (χ1n) is 5.30. The van der Waals surface area contributed by atoms with Gasteiger partial charge >= 0.3 is 0 Å². The lowest BCUT2D eigenvalue weighted by Crippen LogP contribution is -2.41. The van der Waals surface area contributed by atoms with Gasteiger partial charge in [0, 0.05) is 5.25 Å². The summed E-state index contributed by atoms with van der Waals surface area (Å²) in [6.45, 7) is -0.630. The minimum Gasteiger partial charge on any atom is -0.394 e. The number of sulfone groups is 1. The van der Waals surface area contributed by atoms with Crippen molar-refractivity contribution in [2.24, 2.45) is 0 Å². The van der Waals surface area contributed by atoms with Gasteiger partial charge in [-0.15, -0.1) is 11.8 Å². The molecule has 1 saturated heterocycles. The molecule has 100 valence electrons. The summed E-state index contributed by atoms with van der Waals surface area (Å²) in [6.07, 6.45) is 0.587. The molecule has 3 N–H and O–H groups in total. The van der Waals surface area contributed by atoms with Crippen LogP contribution in [-0.4, -0.2) is 66.3 Å². The Bertz CT molecular complexity index is 352. The first kappa shape index (κ1) is 14.7. The molecule has 1 heterocycles. The smallest absolute Gasteiger partial charge is 0.230 e. The number of rotatable bonds is 6. The maximum Gasteiger partial charge on any atom is 0.230 e. The van der Waals surface area contributed by atoms with Gasteiger partial charge in [0.1, 0.15) is 0 Å². The lowest BCUT2D eigenvalue weighted by atomic mass is 10.3. The van der Waals surface area contributed by atoms with Crippen LogP contribution >= 0.6 is 11.8 Å². The summed E-state index contributed by atoms with van der Waals surface area (Å²) < 4.78 is 22.4. The molecule has 1 unspecified atom stereocenters. The zero-order valence-corrected chi connectivity index (χ0v) is 11.0. The minimum atomic E-state index is -2.91. The van der Waals surface area contributed by atoms with Gasteiger partial charge in [-0.1, -0.05) is 0 Å². The van der Waals surface area contributed by atoms with Crippen molar-refractivity contribution in [1.82, 2.24) is 5.32 Å². The number of amides is 1. The van der Waals surface area contributed by atoms with E-state index in [-0.39, 0.29) is 41.6 Å². The summed E-state index contributed by atoms with van der Waals surface area (Å²) in [5.74, 6) is 0.181. The van der Waals surface area contributed by atoms with Crippen LogP contribution in [0.5, 0.6) is 0 Å². The normalized spacial score (nSPS) is 22.9. The second kappa shape index (κ2) is 6.58. The largest absolute Gasteiger partial charge is 0.394 e. The number of aliphatic hydroxyl groups is 2. The summed E-state index contributed by atoms with van der Waals surface area (Å²) in [4.78, 5) is 11.4. The number of hydrogen-bond donors (Lipinski definition) is 3. The van der Waals surface area contributed by atoms with Crippen molar-refractivity contribution in [1.29, 1.82) is 0 Å². The van der Waals surface area contributed by atoms with Gasteiger partial charge in [-0.05, 0) is 6.42 Å². The van der Waals surface area contributed by atoms with Crippen LogP contribution in [0.1, 0.15) is 6.42 Å². The molecule has 0 aromatic rings. The number of nitrogens with one attached hydrogen (secondary N) is 1. The molecule has 1 rings (SSSR count). The summed E-state index contributed by atoms with van der Waals surface area (Å²) in [5.41, 5.74) is 0. The molecule has 6 nitrogen and oxygen atoms in total. The van der Waals surface area contributed by atoms with Gasteiger partial charge in [0.15, 0.2) is 9.84 Å². The highest BCUT2D eigenvalue weighted by atomic mass is 32.2. The standard InChI is InChI=1S/C9H17NO5S2/c11-3-7(4-12)10-9(13)5-16-8-1-2-17(14,15)6-8/h7-8,11-12H,1-6H2,(H,10,13). The van der Waals surface area contributed by atoms with Crippen molar-refractivity contribution in [3.63, 3.8) is 0 Å². The molecule has 1 aliphatic heterocycles. The third-order valence-corrected chi connectivity index (χ3v) is 5.73. The van der Waals surface area contributed by atoms with Crippen molar-refractivity contribution in [2.75, 3.05) is 30.5 Å². The zero-order chi connectivity index (χ0) is 12.9. The van der Waals surface area contributed by atoms with Gasteiger partial charge in [-0.3, -0.25) is 4.79 Å². The summed E-state index contributed by atoms with van der Waals surface area (Å²) in [6, 6.07) is -0.643. The first-order chi connectivity index (χ1) is 7.96. The molecule has 17 heavy (non-hydrogen) atoms. The fourth-order valence-corrected chi connectivity index (χ4v) is 4.96. The molecule has 1 aliphatic rings. The van der Waals surface area contributed by atoms with E-state index in [1.54, 1.807) is 0 Å². The Hall–Kier alpha value is -0.310. The van der Waals surface area contributed by atoms with Gasteiger partial charge in [-0.25, -0.2) is 8.42 Å². The Morgan fingerprint density at radius 2 is 2.06 bits per heavy atom. The third kappa shape index (κ3) is 5.24. The molecule has 0 radical (unpaired) electrons. The van der Waals surface area contributed by atoms with Crippen LogP contribution in [0.2, 0.25) is 0 Å². The predicted octanol–water partition coefficient (Wildman–Crippen LogP) is -1.62. The Balaban J connectivity index is 2.25. The van der Waals surface area contributed by atoms with Crippen LogP contribution in [0.3, 0.4) is 0 Å².